The molecule has 4 N–H and O–H groups in total. The van der Waals surface area contributed by atoms with Crippen LogP contribution in [0.3, 0.4) is 0 Å². The maximum absolute atomic E-state index is 15.0. The molecule has 0 aliphatic heterocycles. The first-order valence-corrected chi connectivity index (χ1v) is 11.0. The molecule has 0 bridgehead atoms. The Morgan fingerprint density at radius 2 is 1.94 bits per heavy atom. The molecule has 3 aromatic heterocycles. The molecule has 1 fully saturated rings. The standard InChI is InChI=1S/C23H27FN8O/c1-13-10-15-16(26-13)6-7-18(22(15)24)33-23-28-19(25-8-9-32(2)3)12-20(29-23)27-21-11-17(30-31-21)14-4-5-14/h6-7,10-12,14,26H,4-5,8-9H2,1-3H3,(H3,25,27,28,29,30,31). The van der Waals surface area contributed by atoms with Crippen molar-refractivity contribution in [1.29, 1.82) is 0 Å². The molecule has 0 unspecified atom stereocenters. The quantitative estimate of drug-likeness (QED) is 0.297. The van der Waals surface area contributed by atoms with Gasteiger partial charge in [0.25, 0.3) is 0 Å². The molecule has 1 aliphatic rings. The molecule has 33 heavy (non-hydrogen) atoms. The molecule has 0 radical (unpaired) electrons. The molecule has 0 spiro atoms. The average Bonchev–Trinajstić information content (AvgIpc) is 3.39. The molecule has 1 saturated carbocycles. The van der Waals surface area contributed by atoms with Crippen LogP contribution in [0.15, 0.2) is 30.3 Å². The predicted molar refractivity (Wildman–Crippen MR) is 126 cm³/mol. The molecule has 4 aromatic rings. The number of benzene rings is 1. The molecule has 1 aromatic carbocycles. The van der Waals surface area contributed by atoms with Gasteiger partial charge in [0.05, 0.1) is 0 Å². The number of aromatic nitrogens is 5. The lowest BCUT2D eigenvalue weighted by Gasteiger charge is -2.13. The van der Waals surface area contributed by atoms with Crippen LogP contribution in [0.1, 0.15) is 30.1 Å². The van der Waals surface area contributed by atoms with Gasteiger partial charge in [0.1, 0.15) is 11.6 Å². The molecule has 5 rings (SSSR count). The summed E-state index contributed by atoms with van der Waals surface area (Å²) >= 11 is 0. The van der Waals surface area contributed by atoms with Crippen molar-refractivity contribution < 1.29 is 9.13 Å². The van der Waals surface area contributed by atoms with Gasteiger partial charge in [-0.05, 0) is 52.1 Å². The summed E-state index contributed by atoms with van der Waals surface area (Å²) in [5.41, 5.74) is 2.70. The average molecular weight is 451 g/mol. The number of hydrogen-bond donors (Lipinski definition) is 4. The number of halogens is 1. The third-order valence-electron chi connectivity index (χ3n) is 5.48. The van der Waals surface area contributed by atoms with E-state index < -0.39 is 5.82 Å². The maximum atomic E-state index is 15.0. The number of H-pyrrole nitrogens is 2. The highest BCUT2D eigenvalue weighted by molar-refractivity contribution is 5.82. The molecule has 0 amide bonds. The summed E-state index contributed by atoms with van der Waals surface area (Å²) in [5, 5.41) is 14.3. The smallest absolute Gasteiger partial charge is 0.326 e. The summed E-state index contributed by atoms with van der Waals surface area (Å²) in [6.45, 7) is 3.39. The molecule has 0 atom stereocenters. The Labute approximate surface area is 190 Å². The lowest BCUT2D eigenvalue weighted by Crippen LogP contribution is -2.21. The monoisotopic (exact) mass is 450 g/mol. The van der Waals surface area contributed by atoms with Crippen molar-refractivity contribution in [1.82, 2.24) is 30.0 Å². The Hall–Kier alpha value is -3.66. The van der Waals surface area contributed by atoms with E-state index in [1.807, 2.05) is 27.1 Å². The van der Waals surface area contributed by atoms with E-state index in [-0.39, 0.29) is 11.8 Å². The predicted octanol–water partition coefficient (Wildman–Crippen LogP) is 4.52. The van der Waals surface area contributed by atoms with Crippen molar-refractivity contribution >= 4 is 28.4 Å². The first-order valence-electron chi connectivity index (χ1n) is 11.0. The second-order valence-corrected chi connectivity index (χ2v) is 8.65. The van der Waals surface area contributed by atoms with Crippen LogP contribution in [-0.2, 0) is 0 Å². The van der Waals surface area contributed by atoms with Crippen LogP contribution in [0.5, 0.6) is 11.8 Å². The summed E-state index contributed by atoms with van der Waals surface area (Å²) in [6, 6.07) is 8.91. The van der Waals surface area contributed by atoms with Gasteiger partial charge in [-0.1, -0.05) is 0 Å². The number of ether oxygens (including phenoxy) is 1. The molecular weight excluding hydrogens is 423 g/mol. The minimum absolute atomic E-state index is 0.0378. The fraction of sp³-hybridized carbons (Fsp3) is 0.348. The molecule has 172 valence electrons. The maximum Gasteiger partial charge on any atom is 0.326 e. The zero-order valence-electron chi connectivity index (χ0n) is 18.9. The first-order chi connectivity index (χ1) is 15.9. The molecule has 0 saturated heterocycles. The van der Waals surface area contributed by atoms with Gasteiger partial charge in [0.2, 0.25) is 0 Å². The lowest BCUT2D eigenvalue weighted by molar-refractivity contribution is 0.414. The topological polar surface area (TPSA) is 107 Å². The number of nitrogens with one attached hydrogen (secondary N) is 4. The van der Waals surface area contributed by atoms with Gasteiger partial charge in [-0.15, -0.1) is 0 Å². The summed E-state index contributed by atoms with van der Waals surface area (Å²) in [7, 11) is 4.00. The van der Waals surface area contributed by atoms with Crippen LogP contribution >= 0.6 is 0 Å². The van der Waals surface area contributed by atoms with Crippen molar-refractivity contribution in [2.45, 2.75) is 25.7 Å². The van der Waals surface area contributed by atoms with Crippen LogP contribution in [0, 0.1) is 12.7 Å². The minimum Gasteiger partial charge on any atom is -0.421 e. The molecular formula is C23H27FN8O. The van der Waals surface area contributed by atoms with E-state index in [4.69, 9.17) is 4.74 Å². The highest BCUT2D eigenvalue weighted by Gasteiger charge is 2.25. The number of nitrogens with zero attached hydrogens (tertiary/aromatic N) is 4. The highest BCUT2D eigenvalue weighted by Crippen LogP contribution is 2.39. The van der Waals surface area contributed by atoms with Crippen molar-refractivity contribution in [2.75, 3.05) is 37.8 Å². The van der Waals surface area contributed by atoms with Gasteiger partial charge in [-0.25, -0.2) is 4.39 Å². The van der Waals surface area contributed by atoms with Crippen molar-refractivity contribution in [2.24, 2.45) is 0 Å². The van der Waals surface area contributed by atoms with Gasteiger partial charge in [-0.2, -0.15) is 15.1 Å². The van der Waals surface area contributed by atoms with Gasteiger partial charge in [0.15, 0.2) is 17.4 Å². The Balaban J connectivity index is 1.41. The van der Waals surface area contributed by atoms with Crippen LogP contribution in [0.4, 0.5) is 21.8 Å². The van der Waals surface area contributed by atoms with Gasteiger partial charge < -0.3 is 25.3 Å². The van der Waals surface area contributed by atoms with E-state index in [2.05, 4.69) is 40.7 Å². The molecule has 1 aliphatic carbocycles. The Morgan fingerprint density at radius 3 is 2.73 bits per heavy atom. The number of aromatic amines is 2. The molecule has 3 heterocycles. The van der Waals surface area contributed by atoms with Crippen molar-refractivity contribution in [3.8, 4) is 11.8 Å². The number of rotatable bonds is 9. The van der Waals surface area contributed by atoms with E-state index in [1.54, 1.807) is 24.3 Å². The van der Waals surface area contributed by atoms with Crippen LogP contribution in [0.2, 0.25) is 0 Å². The SMILES string of the molecule is Cc1cc2c(F)c(Oc3nc(NCCN(C)C)cc(Nc4cc(C5CC5)[nH]n4)n3)ccc2[nH]1. The minimum atomic E-state index is -0.456. The number of aryl methyl sites for hydroxylation is 1. The van der Waals surface area contributed by atoms with Gasteiger partial charge >= 0.3 is 6.01 Å². The second kappa shape index (κ2) is 8.70. The van der Waals surface area contributed by atoms with Crippen molar-refractivity contribution in [3.05, 3.63) is 47.5 Å². The molecule has 9 nitrogen and oxygen atoms in total. The summed E-state index contributed by atoms with van der Waals surface area (Å²) in [5.74, 6) is 1.91. The number of hydrogen-bond acceptors (Lipinski definition) is 7. The van der Waals surface area contributed by atoms with Crippen LogP contribution < -0.4 is 15.4 Å². The lowest BCUT2D eigenvalue weighted by atomic mass is 10.2. The zero-order chi connectivity index (χ0) is 22.9. The summed E-state index contributed by atoms with van der Waals surface area (Å²) in [6.07, 6.45) is 2.37. The van der Waals surface area contributed by atoms with E-state index in [1.165, 1.54) is 12.8 Å². The van der Waals surface area contributed by atoms with Crippen LogP contribution in [0.25, 0.3) is 10.9 Å². The normalized spacial score (nSPS) is 13.6. The van der Waals surface area contributed by atoms with E-state index in [9.17, 15) is 0 Å². The van der Waals surface area contributed by atoms with Gasteiger partial charge in [0, 0.05) is 53.4 Å². The Kier molecular flexibility index (Phi) is 5.59. The number of likely N-dealkylation sites (N-methyl/N-ethyl adjacent to an activating group) is 1. The summed E-state index contributed by atoms with van der Waals surface area (Å²) in [4.78, 5) is 14.1. The third-order valence-corrected chi connectivity index (χ3v) is 5.48. The highest BCUT2D eigenvalue weighted by atomic mass is 19.1. The van der Waals surface area contributed by atoms with E-state index in [0.717, 1.165) is 17.9 Å². The number of fused-ring (bicyclic) bond motifs is 1. The van der Waals surface area contributed by atoms with E-state index >= 15 is 4.39 Å². The second-order valence-electron chi connectivity index (χ2n) is 8.65. The largest absolute Gasteiger partial charge is 0.421 e. The molecule has 10 heteroatoms. The van der Waals surface area contributed by atoms with E-state index in [0.29, 0.717) is 40.8 Å². The fourth-order valence-corrected chi connectivity index (χ4v) is 3.63. The zero-order valence-corrected chi connectivity index (χ0v) is 18.9. The Morgan fingerprint density at radius 1 is 1.12 bits per heavy atom. The first kappa shape index (κ1) is 21.2. The third kappa shape index (κ3) is 4.90. The van der Waals surface area contributed by atoms with Gasteiger partial charge in [-0.3, -0.25) is 5.10 Å². The number of anilines is 3. The fourth-order valence-electron chi connectivity index (χ4n) is 3.63. The summed E-state index contributed by atoms with van der Waals surface area (Å²) < 4.78 is 20.8. The Bertz CT molecular complexity index is 1280. The van der Waals surface area contributed by atoms with Crippen molar-refractivity contribution in [3.63, 3.8) is 0 Å². The van der Waals surface area contributed by atoms with Crippen LogP contribution in [-0.4, -0.2) is 57.2 Å².